The van der Waals surface area contributed by atoms with Crippen molar-refractivity contribution in [3.05, 3.63) is 47.3 Å². The van der Waals surface area contributed by atoms with Crippen molar-refractivity contribution in [1.82, 2.24) is 15.1 Å². The molecule has 0 unspecified atom stereocenters. The summed E-state index contributed by atoms with van der Waals surface area (Å²) in [5.41, 5.74) is 0.691. The SMILES string of the molecule is CCOC(=O)c1cc2n(n1)C[C@@](C)(C(=O)NCCCOC(C)C)N(c1cccc(CC)c1)C2=O. The van der Waals surface area contributed by atoms with Gasteiger partial charge in [-0.3, -0.25) is 19.2 Å². The summed E-state index contributed by atoms with van der Waals surface area (Å²) in [6.45, 7) is 10.6. The van der Waals surface area contributed by atoms with Crippen molar-refractivity contribution < 1.29 is 23.9 Å². The molecule has 0 aliphatic carbocycles. The molecule has 1 aromatic heterocycles. The molecule has 0 saturated carbocycles. The Morgan fingerprint density at radius 2 is 2.00 bits per heavy atom. The van der Waals surface area contributed by atoms with Gasteiger partial charge in [0, 0.05) is 24.9 Å². The Balaban J connectivity index is 1.95. The second kappa shape index (κ2) is 10.8. The van der Waals surface area contributed by atoms with E-state index in [0.717, 1.165) is 12.0 Å². The molecule has 9 heteroatoms. The van der Waals surface area contributed by atoms with Gasteiger partial charge in [-0.25, -0.2) is 4.79 Å². The van der Waals surface area contributed by atoms with Gasteiger partial charge in [-0.05, 0) is 58.2 Å². The molecule has 34 heavy (non-hydrogen) atoms. The highest BCUT2D eigenvalue weighted by Gasteiger charge is 2.49. The van der Waals surface area contributed by atoms with Crippen LogP contribution < -0.4 is 10.2 Å². The van der Waals surface area contributed by atoms with Crippen LogP contribution in [0.1, 0.15) is 67.6 Å². The summed E-state index contributed by atoms with van der Waals surface area (Å²) >= 11 is 0. The molecule has 2 heterocycles. The first-order chi connectivity index (χ1) is 16.2. The van der Waals surface area contributed by atoms with Gasteiger partial charge >= 0.3 is 5.97 Å². The monoisotopic (exact) mass is 470 g/mol. The minimum Gasteiger partial charge on any atom is -0.461 e. The molecule has 0 bridgehead atoms. The maximum absolute atomic E-state index is 13.7. The first-order valence-electron chi connectivity index (χ1n) is 11.8. The Labute approximate surface area is 200 Å². The fraction of sp³-hybridized carbons (Fsp3) is 0.520. The van der Waals surface area contributed by atoms with Crippen LogP contribution in [-0.2, 0) is 27.2 Å². The third kappa shape index (κ3) is 5.30. The van der Waals surface area contributed by atoms with Gasteiger partial charge in [-0.2, -0.15) is 5.10 Å². The van der Waals surface area contributed by atoms with E-state index in [4.69, 9.17) is 9.47 Å². The topological polar surface area (TPSA) is 103 Å². The van der Waals surface area contributed by atoms with Crippen LogP contribution in [0.15, 0.2) is 30.3 Å². The van der Waals surface area contributed by atoms with Crippen LogP contribution in [0.3, 0.4) is 0 Å². The fourth-order valence-electron chi connectivity index (χ4n) is 3.99. The van der Waals surface area contributed by atoms with Crippen molar-refractivity contribution in [2.75, 3.05) is 24.7 Å². The number of aromatic nitrogens is 2. The second-order valence-electron chi connectivity index (χ2n) is 8.76. The standard InChI is InChI=1S/C25H34N4O5/c1-6-18-10-8-11-19(14-18)29-22(30)21-15-20(23(31)33-7-2)27-28(21)16-25(29,5)24(32)26-12-9-13-34-17(3)4/h8,10-11,14-15,17H,6-7,9,12-13,16H2,1-5H3,(H,26,32)/t25-/m0/s1. The van der Waals surface area contributed by atoms with Crippen LogP contribution in [0, 0.1) is 0 Å². The van der Waals surface area contributed by atoms with Crippen molar-refractivity contribution in [2.45, 2.75) is 65.6 Å². The number of ether oxygens (including phenoxy) is 2. The summed E-state index contributed by atoms with van der Waals surface area (Å²) in [5, 5.41) is 7.23. The highest BCUT2D eigenvalue weighted by Crippen LogP contribution is 2.33. The summed E-state index contributed by atoms with van der Waals surface area (Å²) < 4.78 is 12.0. The number of hydrogen-bond donors (Lipinski definition) is 1. The summed E-state index contributed by atoms with van der Waals surface area (Å²) in [5.74, 6) is -1.30. The number of carbonyl (C=O) groups excluding carboxylic acids is 3. The van der Waals surface area contributed by atoms with Crippen LogP contribution in [0.4, 0.5) is 5.69 Å². The third-order valence-electron chi connectivity index (χ3n) is 5.76. The minimum atomic E-state index is -1.26. The lowest BCUT2D eigenvalue weighted by molar-refractivity contribution is -0.126. The highest BCUT2D eigenvalue weighted by molar-refractivity contribution is 6.12. The molecule has 2 aromatic rings. The molecular formula is C25H34N4O5. The van der Waals surface area contributed by atoms with Gasteiger partial charge in [0.25, 0.3) is 5.91 Å². The zero-order valence-corrected chi connectivity index (χ0v) is 20.6. The normalized spacial score (nSPS) is 17.6. The van der Waals surface area contributed by atoms with Crippen molar-refractivity contribution in [3.63, 3.8) is 0 Å². The lowest BCUT2D eigenvalue weighted by Crippen LogP contribution is -2.64. The number of anilines is 1. The Morgan fingerprint density at radius 1 is 1.24 bits per heavy atom. The van der Waals surface area contributed by atoms with Gasteiger partial charge in [0.1, 0.15) is 11.2 Å². The predicted molar refractivity (Wildman–Crippen MR) is 128 cm³/mol. The fourth-order valence-corrected chi connectivity index (χ4v) is 3.99. The van der Waals surface area contributed by atoms with E-state index in [1.54, 1.807) is 13.8 Å². The molecule has 1 atom stereocenters. The Bertz CT molecular complexity index is 1050. The first kappa shape index (κ1) is 25.4. The Kier molecular flexibility index (Phi) is 8.09. The lowest BCUT2D eigenvalue weighted by atomic mass is 9.93. The van der Waals surface area contributed by atoms with Crippen molar-refractivity contribution in [1.29, 1.82) is 0 Å². The quantitative estimate of drug-likeness (QED) is 0.423. The van der Waals surface area contributed by atoms with Crippen LogP contribution >= 0.6 is 0 Å². The molecule has 0 saturated heterocycles. The molecule has 1 aliphatic heterocycles. The molecule has 1 aromatic carbocycles. The molecule has 1 aliphatic rings. The van der Waals surface area contributed by atoms with E-state index in [1.807, 2.05) is 45.0 Å². The van der Waals surface area contributed by atoms with E-state index in [-0.39, 0.29) is 36.6 Å². The van der Waals surface area contributed by atoms with Gasteiger partial charge in [-0.1, -0.05) is 19.1 Å². The molecular weight excluding hydrogens is 436 g/mol. The first-order valence-corrected chi connectivity index (χ1v) is 11.8. The molecule has 184 valence electrons. The van der Waals surface area contributed by atoms with E-state index in [9.17, 15) is 14.4 Å². The van der Waals surface area contributed by atoms with Crippen molar-refractivity contribution in [3.8, 4) is 0 Å². The van der Waals surface area contributed by atoms with Gasteiger partial charge in [0.2, 0.25) is 5.91 Å². The lowest BCUT2D eigenvalue weighted by Gasteiger charge is -2.43. The average Bonchev–Trinajstić information content (AvgIpc) is 3.23. The number of esters is 1. The molecule has 0 radical (unpaired) electrons. The van der Waals surface area contributed by atoms with Gasteiger partial charge in [-0.15, -0.1) is 0 Å². The molecule has 1 N–H and O–H groups in total. The molecule has 3 rings (SSSR count). The number of aryl methyl sites for hydroxylation is 1. The Hall–Kier alpha value is -3.20. The van der Waals surface area contributed by atoms with Crippen LogP contribution in [0.2, 0.25) is 0 Å². The number of fused-ring (bicyclic) bond motifs is 1. The summed E-state index contributed by atoms with van der Waals surface area (Å²) in [6.07, 6.45) is 1.57. The van der Waals surface area contributed by atoms with E-state index >= 15 is 0 Å². The smallest absolute Gasteiger partial charge is 0.358 e. The van der Waals surface area contributed by atoms with Crippen LogP contribution in [0.5, 0.6) is 0 Å². The van der Waals surface area contributed by atoms with Crippen LogP contribution in [0.25, 0.3) is 0 Å². The third-order valence-corrected chi connectivity index (χ3v) is 5.76. The van der Waals surface area contributed by atoms with E-state index in [1.165, 1.54) is 15.6 Å². The number of hydrogen-bond acceptors (Lipinski definition) is 6. The molecule has 0 spiro atoms. The molecule has 9 nitrogen and oxygen atoms in total. The number of nitrogens with zero attached hydrogens (tertiary/aromatic N) is 3. The van der Waals surface area contributed by atoms with E-state index < -0.39 is 17.4 Å². The van der Waals surface area contributed by atoms with Crippen molar-refractivity contribution in [2.24, 2.45) is 0 Å². The maximum atomic E-state index is 13.7. The average molecular weight is 471 g/mol. The number of nitrogens with one attached hydrogen (secondary N) is 1. The van der Waals surface area contributed by atoms with Gasteiger partial charge < -0.3 is 14.8 Å². The van der Waals surface area contributed by atoms with Gasteiger partial charge in [0.05, 0.1) is 19.3 Å². The molecule has 2 amide bonds. The maximum Gasteiger partial charge on any atom is 0.358 e. The summed E-state index contributed by atoms with van der Waals surface area (Å²) in [7, 11) is 0. The number of amides is 2. The van der Waals surface area contributed by atoms with Crippen molar-refractivity contribution >= 4 is 23.5 Å². The number of carbonyl (C=O) groups is 3. The van der Waals surface area contributed by atoms with E-state index in [0.29, 0.717) is 25.3 Å². The minimum absolute atomic E-state index is 0.0444. The molecule has 0 fully saturated rings. The zero-order chi connectivity index (χ0) is 24.9. The summed E-state index contributed by atoms with van der Waals surface area (Å²) in [4.78, 5) is 40.9. The summed E-state index contributed by atoms with van der Waals surface area (Å²) in [6, 6.07) is 9.01. The second-order valence-corrected chi connectivity index (χ2v) is 8.76. The van der Waals surface area contributed by atoms with Crippen LogP contribution in [-0.4, -0.2) is 59.0 Å². The predicted octanol–water partition coefficient (Wildman–Crippen LogP) is 2.97. The van der Waals surface area contributed by atoms with Gasteiger partial charge in [0.15, 0.2) is 5.69 Å². The van der Waals surface area contributed by atoms with E-state index in [2.05, 4.69) is 10.4 Å². The number of benzene rings is 1. The number of rotatable bonds is 10. The highest BCUT2D eigenvalue weighted by atomic mass is 16.5. The zero-order valence-electron chi connectivity index (χ0n) is 20.6. The largest absolute Gasteiger partial charge is 0.461 e. The Morgan fingerprint density at radius 3 is 2.68 bits per heavy atom.